The molecule has 1 aliphatic heterocycles. The van der Waals surface area contributed by atoms with Crippen LogP contribution in [0.3, 0.4) is 0 Å². The second kappa shape index (κ2) is 7.04. The van der Waals surface area contributed by atoms with E-state index in [1.165, 1.54) is 0 Å². The van der Waals surface area contributed by atoms with Crippen molar-refractivity contribution in [3.63, 3.8) is 0 Å². The molecule has 1 fully saturated rings. The number of carboxylic acid groups (broad SMARTS) is 1. The predicted octanol–water partition coefficient (Wildman–Crippen LogP) is 0.566. The zero-order valence-corrected chi connectivity index (χ0v) is 14.3. The fraction of sp³-hybridized carbons (Fsp3) is 0.562. The Morgan fingerprint density at radius 1 is 1.28 bits per heavy atom. The number of nitrogens with zero attached hydrogens (tertiary/aromatic N) is 5. The smallest absolute Gasteiger partial charge is 0.326 e. The zero-order valence-electron chi connectivity index (χ0n) is 14.3. The van der Waals surface area contributed by atoms with Gasteiger partial charge in [0.1, 0.15) is 18.2 Å². The maximum atomic E-state index is 12.4. The minimum Gasteiger partial charge on any atom is -0.480 e. The van der Waals surface area contributed by atoms with E-state index in [2.05, 4.69) is 25.5 Å². The molecule has 0 spiro atoms. The molecule has 1 saturated heterocycles. The van der Waals surface area contributed by atoms with Gasteiger partial charge in [-0.2, -0.15) is 4.52 Å². The summed E-state index contributed by atoms with van der Waals surface area (Å²) in [6, 6.07) is 2.90. The van der Waals surface area contributed by atoms with Crippen molar-refractivity contribution >= 4 is 23.3 Å². The van der Waals surface area contributed by atoms with Gasteiger partial charge in [0, 0.05) is 19.0 Å². The van der Waals surface area contributed by atoms with Gasteiger partial charge in [0.05, 0.1) is 0 Å². The average molecular weight is 346 g/mol. The van der Waals surface area contributed by atoms with Crippen molar-refractivity contribution in [2.75, 3.05) is 18.0 Å². The number of anilines is 1. The average Bonchev–Trinajstić information content (AvgIpc) is 3.06. The first-order valence-corrected chi connectivity index (χ1v) is 8.41. The van der Waals surface area contributed by atoms with Crippen molar-refractivity contribution in [3.8, 4) is 0 Å². The van der Waals surface area contributed by atoms with Crippen LogP contribution in [0.4, 0.5) is 5.82 Å². The Labute approximate surface area is 145 Å². The summed E-state index contributed by atoms with van der Waals surface area (Å²) in [4.78, 5) is 25.7. The first-order valence-electron chi connectivity index (χ1n) is 8.41. The molecule has 3 heterocycles. The molecule has 0 aromatic carbocycles. The van der Waals surface area contributed by atoms with E-state index >= 15 is 0 Å². The molecule has 134 valence electrons. The Bertz CT molecular complexity index is 766. The van der Waals surface area contributed by atoms with Gasteiger partial charge < -0.3 is 15.3 Å². The molecule has 0 saturated carbocycles. The van der Waals surface area contributed by atoms with Gasteiger partial charge in [-0.15, -0.1) is 15.3 Å². The highest BCUT2D eigenvalue weighted by Crippen LogP contribution is 2.22. The molecular weight excluding hydrogens is 324 g/mol. The van der Waals surface area contributed by atoms with Crippen LogP contribution in [0.5, 0.6) is 0 Å². The molecule has 3 rings (SSSR count). The van der Waals surface area contributed by atoms with Crippen LogP contribution in [0, 0.1) is 11.8 Å². The van der Waals surface area contributed by atoms with Crippen LogP contribution in [0.25, 0.3) is 5.65 Å². The number of fused-ring (bicyclic) bond motifs is 1. The standard InChI is InChI=1S/C16H22N6O3/c1-10(2)14(16(24)25)18-15(23)11-5-7-21(8-6-11)13-4-3-12-19-17-9-22(12)20-13/h3-4,9-11,14H,5-8H2,1-2H3,(H,18,23)(H,24,25)/t14-/m0/s1. The summed E-state index contributed by atoms with van der Waals surface area (Å²) >= 11 is 0. The van der Waals surface area contributed by atoms with Crippen molar-refractivity contribution < 1.29 is 14.7 Å². The number of hydrogen-bond acceptors (Lipinski definition) is 6. The second-order valence-electron chi connectivity index (χ2n) is 6.66. The molecule has 0 radical (unpaired) electrons. The van der Waals surface area contributed by atoms with Crippen molar-refractivity contribution in [1.29, 1.82) is 0 Å². The van der Waals surface area contributed by atoms with E-state index in [-0.39, 0.29) is 17.7 Å². The molecule has 0 aliphatic carbocycles. The molecular formula is C16H22N6O3. The Hall–Kier alpha value is -2.71. The predicted molar refractivity (Wildman–Crippen MR) is 90.1 cm³/mol. The maximum Gasteiger partial charge on any atom is 0.326 e. The maximum absolute atomic E-state index is 12.4. The number of carbonyl (C=O) groups is 2. The third-order valence-electron chi connectivity index (χ3n) is 4.57. The molecule has 9 heteroatoms. The largest absolute Gasteiger partial charge is 0.480 e. The number of aliphatic carboxylic acids is 1. The molecule has 2 N–H and O–H groups in total. The van der Waals surface area contributed by atoms with E-state index in [0.717, 1.165) is 5.82 Å². The van der Waals surface area contributed by atoms with E-state index < -0.39 is 12.0 Å². The molecule has 0 bridgehead atoms. The van der Waals surface area contributed by atoms with Gasteiger partial charge in [-0.25, -0.2) is 4.79 Å². The third kappa shape index (κ3) is 3.70. The molecule has 0 unspecified atom stereocenters. The minimum atomic E-state index is -0.993. The van der Waals surface area contributed by atoms with Gasteiger partial charge in [0.15, 0.2) is 5.65 Å². The molecule has 1 amide bonds. The summed E-state index contributed by atoms with van der Waals surface area (Å²) in [5.74, 6) is -0.677. The second-order valence-corrected chi connectivity index (χ2v) is 6.66. The number of aromatic nitrogens is 4. The first-order chi connectivity index (χ1) is 12.0. The summed E-state index contributed by atoms with van der Waals surface area (Å²) in [6.07, 6.45) is 2.88. The fourth-order valence-corrected chi connectivity index (χ4v) is 3.04. The summed E-state index contributed by atoms with van der Waals surface area (Å²) in [5, 5.41) is 24.1. The van der Waals surface area contributed by atoms with Gasteiger partial charge in [0.2, 0.25) is 5.91 Å². The molecule has 1 aliphatic rings. The summed E-state index contributed by atoms with van der Waals surface area (Å²) in [6.45, 7) is 4.96. The van der Waals surface area contributed by atoms with Crippen LogP contribution in [0.1, 0.15) is 26.7 Å². The quantitative estimate of drug-likeness (QED) is 0.813. The molecule has 2 aromatic heterocycles. The number of carbonyl (C=O) groups excluding carboxylic acids is 1. The molecule has 25 heavy (non-hydrogen) atoms. The van der Waals surface area contributed by atoms with Crippen molar-refractivity contribution in [2.24, 2.45) is 11.8 Å². The van der Waals surface area contributed by atoms with E-state index in [1.54, 1.807) is 24.7 Å². The topological polar surface area (TPSA) is 113 Å². The van der Waals surface area contributed by atoms with Gasteiger partial charge in [-0.3, -0.25) is 4.79 Å². The van der Waals surface area contributed by atoms with Crippen molar-refractivity contribution in [2.45, 2.75) is 32.7 Å². The Kier molecular flexibility index (Phi) is 4.82. The molecule has 1 atom stereocenters. The van der Waals surface area contributed by atoms with Crippen LogP contribution in [0.15, 0.2) is 18.5 Å². The fourth-order valence-electron chi connectivity index (χ4n) is 3.04. The van der Waals surface area contributed by atoms with Gasteiger partial charge in [-0.05, 0) is 30.9 Å². The highest BCUT2D eigenvalue weighted by Gasteiger charge is 2.30. The van der Waals surface area contributed by atoms with Crippen LogP contribution >= 0.6 is 0 Å². The lowest BCUT2D eigenvalue weighted by molar-refractivity contribution is -0.143. The number of piperidine rings is 1. The number of rotatable bonds is 5. The minimum absolute atomic E-state index is 0.152. The van der Waals surface area contributed by atoms with Gasteiger partial charge in [0.25, 0.3) is 0 Å². The third-order valence-corrected chi connectivity index (χ3v) is 4.57. The molecule has 2 aromatic rings. The number of carboxylic acids is 1. The van der Waals surface area contributed by atoms with Crippen LogP contribution in [-0.2, 0) is 9.59 Å². The summed E-state index contributed by atoms with van der Waals surface area (Å²) in [5.41, 5.74) is 0.686. The summed E-state index contributed by atoms with van der Waals surface area (Å²) < 4.78 is 1.62. The molecule has 9 nitrogen and oxygen atoms in total. The SMILES string of the molecule is CC(C)[C@H](NC(=O)C1CCN(c2ccc3nncn3n2)CC1)C(=O)O. The Morgan fingerprint density at radius 2 is 2.00 bits per heavy atom. The lowest BCUT2D eigenvalue weighted by Crippen LogP contribution is -2.48. The van der Waals surface area contributed by atoms with Crippen LogP contribution < -0.4 is 10.2 Å². The lowest BCUT2D eigenvalue weighted by Gasteiger charge is -2.32. The van der Waals surface area contributed by atoms with Gasteiger partial charge in [-0.1, -0.05) is 13.8 Å². The highest BCUT2D eigenvalue weighted by atomic mass is 16.4. The van der Waals surface area contributed by atoms with Gasteiger partial charge >= 0.3 is 5.97 Å². The first kappa shape index (κ1) is 17.1. The number of amides is 1. The Morgan fingerprint density at radius 3 is 2.64 bits per heavy atom. The lowest BCUT2D eigenvalue weighted by atomic mass is 9.94. The van der Waals surface area contributed by atoms with Crippen molar-refractivity contribution in [1.82, 2.24) is 25.1 Å². The van der Waals surface area contributed by atoms with E-state index in [9.17, 15) is 14.7 Å². The zero-order chi connectivity index (χ0) is 18.0. The monoisotopic (exact) mass is 346 g/mol. The van der Waals surface area contributed by atoms with Crippen LogP contribution in [-0.4, -0.2) is 55.9 Å². The number of nitrogens with one attached hydrogen (secondary N) is 1. The van der Waals surface area contributed by atoms with Crippen molar-refractivity contribution in [3.05, 3.63) is 18.5 Å². The van der Waals surface area contributed by atoms with E-state index in [0.29, 0.717) is 31.6 Å². The number of hydrogen-bond donors (Lipinski definition) is 2. The normalized spacial score (nSPS) is 17.0. The van der Waals surface area contributed by atoms with E-state index in [4.69, 9.17) is 0 Å². The van der Waals surface area contributed by atoms with Crippen LogP contribution in [0.2, 0.25) is 0 Å². The highest BCUT2D eigenvalue weighted by molar-refractivity contribution is 5.85. The van der Waals surface area contributed by atoms with E-state index in [1.807, 2.05) is 12.1 Å². The Balaban J connectivity index is 1.59. The summed E-state index contributed by atoms with van der Waals surface area (Å²) in [7, 11) is 0.